The van der Waals surface area contributed by atoms with Crippen LogP contribution in [0.25, 0.3) is 0 Å². The highest BCUT2D eigenvalue weighted by molar-refractivity contribution is 7.98. The number of hydrogen-bond donors (Lipinski definition) is 2. The summed E-state index contributed by atoms with van der Waals surface area (Å²) in [5, 5.41) is 11.8. The lowest BCUT2D eigenvalue weighted by Gasteiger charge is -2.29. The van der Waals surface area contributed by atoms with Gasteiger partial charge in [0.05, 0.1) is 26.4 Å². The molecule has 5 rings (SSSR count). The molecule has 0 bridgehead atoms. The highest BCUT2D eigenvalue weighted by Gasteiger charge is 2.35. The smallest absolute Gasteiger partial charge is 0.255 e. The fraction of sp³-hybridized carbons (Fsp3) is 0.281. The number of ether oxygens (including phenoxy) is 3. The van der Waals surface area contributed by atoms with Gasteiger partial charge >= 0.3 is 0 Å². The van der Waals surface area contributed by atoms with Crippen LogP contribution >= 0.6 is 11.8 Å². The van der Waals surface area contributed by atoms with Crippen LogP contribution < -0.4 is 24.8 Å². The van der Waals surface area contributed by atoms with Crippen LogP contribution in [0.4, 0.5) is 11.6 Å². The molecule has 1 atom stereocenters. The van der Waals surface area contributed by atoms with Crippen LogP contribution in [-0.4, -0.2) is 41.5 Å². The zero-order valence-electron chi connectivity index (χ0n) is 24.6. The van der Waals surface area contributed by atoms with Gasteiger partial charge in [0.1, 0.15) is 11.8 Å². The Morgan fingerprint density at radius 3 is 2.48 bits per heavy atom. The Bertz CT molecular complexity index is 1630. The quantitative estimate of drug-likeness (QED) is 0.203. The summed E-state index contributed by atoms with van der Waals surface area (Å²) in [6.07, 6.45) is 0. The standard InChI is InChI=1S/C32H35N5O4S/c1-7-41-26-15-10-22(17-27(26)40-6)29-28(30(38)34-24-11-13-25(39-5)14-12-24)21(4)33-31-35-32(36-37(29)31)42-18-23-9-8-19(2)16-20(23)3/h8-17,29H,7,18H2,1-6H3,(H,34,38)(H,33,35,36)/t29-/m0/s1. The van der Waals surface area contributed by atoms with Gasteiger partial charge in [-0.15, -0.1) is 5.10 Å². The molecule has 1 amide bonds. The number of anilines is 2. The molecule has 2 N–H and O–H groups in total. The van der Waals surface area contributed by atoms with Gasteiger partial charge in [-0.2, -0.15) is 4.98 Å². The number of amides is 1. The number of carbonyl (C=O) groups is 1. The minimum absolute atomic E-state index is 0.256. The molecule has 0 saturated heterocycles. The minimum Gasteiger partial charge on any atom is -0.497 e. The Hall–Kier alpha value is -4.44. The Morgan fingerprint density at radius 1 is 1.00 bits per heavy atom. The molecule has 2 heterocycles. The molecule has 0 fully saturated rings. The van der Waals surface area contributed by atoms with E-state index in [0.717, 1.165) is 11.3 Å². The average Bonchev–Trinajstić information content (AvgIpc) is 3.39. The normalized spacial score (nSPS) is 14.2. The van der Waals surface area contributed by atoms with Gasteiger partial charge in [0.2, 0.25) is 11.1 Å². The van der Waals surface area contributed by atoms with Crippen LogP contribution in [0.3, 0.4) is 0 Å². The third kappa shape index (κ3) is 6.08. The molecule has 9 nitrogen and oxygen atoms in total. The topological polar surface area (TPSA) is 99.5 Å². The van der Waals surface area contributed by atoms with Crippen LogP contribution in [0, 0.1) is 13.8 Å². The lowest BCUT2D eigenvalue weighted by Crippen LogP contribution is -2.31. The number of thioether (sulfide) groups is 1. The summed E-state index contributed by atoms with van der Waals surface area (Å²) in [5.74, 6) is 2.95. The first-order chi connectivity index (χ1) is 20.3. The molecule has 10 heteroatoms. The zero-order chi connectivity index (χ0) is 29.8. The second-order valence-electron chi connectivity index (χ2n) is 9.97. The first-order valence-electron chi connectivity index (χ1n) is 13.7. The summed E-state index contributed by atoms with van der Waals surface area (Å²) in [5.41, 5.74) is 6.36. The average molecular weight is 586 g/mol. The number of nitrogens with zero attached hydrogens (tertiary/aromatic N) is 3. The van der Waals surface area contributed by atoms with Gasteiger partial charge < -0.3 is 24.8 Å². The van der Waals surface area contributed by atoms with Crippen LogP contribution in [-0.2, 0) is 10.5 Å². The number of hydrogen-bond acceptors (Lipinski definition) is 8. The molecule has 1 aliphatic rings. The summed E-state index contributed by atoms with van der Waals surface area (Å²) in [6.45, 7) is 8.52. The molecule has 1 aliphatic heterocycles. The van der Waals surface area contributed by atoms with E-state index in [1.54, 1.807) is 54.9 Å². The summed E-state index contributed by atoms with van der Waals surface area (Å²) in [4.78, 5) is 18.7. The van der Waals surface area contributed by atoms with Crippen molar-refractivity contribution in [2.75, 3.05) is 31.5 Å². The summed E-state index contributed by atoms with van der Waals surface area (Å²) in [7, 11) is 3.21. The highest BCUT2D eigenvalue weighted by Crippen LogP contribution is 2.40. The van der Waals surface area contributed by atoms with Gasteiger partial charge in [-0.3, -0.25) is 4.79 Å². The second kappa shape index (κ2) is 12.6. The molecular formula is C32H35N5O4S. The first kappa shape index (κ1) is 29.1. The number of methoxy groups -OCH3 is 2. The fourth-order valence-electron chi connectivity index (χ4n) is 4.95. The molecular weight excluding hydrogens is 550 g/mol. The van der Waals surface area contributed by atoms with E-state index in [4.69, 9.17) is 24.3 Å². The van der Waals surface area contributed by atoms with Crippen LogP contribution in [0.5, 0.6) is 17.2 Å². The number of rotatable bonds is 10. The molecule has 0 radical (unpaired) electrons. The summed E-state index contributed by atoms with van der Waals surface area (Å²) in [6, 6.07) is 18.8. The van der Waals surface area contributed by atoms with E-state index in [2.05, 4.69) is 42.7 Å². The summed E-state index contributed by atoms with van der Waals surface area (Å²) < 4.78 is 18.4. The van der Waals surface area contributed by atoms with Crippen LogP contribution in [0.1, 0.15) is 42.1 Å². The lowest BCUT2D eigenvalue weighted by molar-refractivity contribution is -0.113. The fourth-order valence-corrected chi connectivity index (χ4v) is 5.85. The molecule has 42 heavy (non-hydrogen) atoms. The van der Waals surface area contributed by atoms with E-state index >= 15 is 0 Å². The maximum absolute atomic E-state index is 13.9. The van der Waals surface area contributed by atoms with E-state index in [9.17, 15) is 4.79 Å². The van der Waals surface area contributed by atoms with Crippen LogP contribution in [0.15, 0.2) is 77.1 Å². The molecule has 0 saturated carbocycles. The Labute approximate surface area is 250 Å². The van der Waals surface area contributed by atoms with Gasteiger partial charge in [-0.1, -0.05) is 41.6 Å². The van der Waals surface area contributed by atoms with Crippen molar-refractivity contribution < 1.29 is 19.0 Å². The minimum atomic E-state index is -0.563. The van der Waals surface area contributed by atoms with Crippen molar-refractivity contribution in [2.24, 2.45) is 0 Å². The van der Waals surface area contributed by atoms with E-state index in [1.807, 2.05) is 32.0 Å². The number of benzene rings is 3. The van der Waals surface area contributed by atoms with Gasteiger partial charge in [-0.25, -0.2) is 4.68 Å². The van der Waals surface area contributed by atoms with Crippen molar-refractivity contribution in [3.8, 4) is 17.2 Å². The molecule has 0 aliphatic carbocycles. The third-order valence-corrected chi connectivity index (χ3v) is 7.97. The largest absolute Gasteiger partial charge is 0.497 e. The third-order valence-electron chi connectivity index (χ3n) is 7.08. The second-order valence-corrected chi connectivity index (χ2v) is 10.9. The van der Waals surface area contributed by atoms with Crippen LogP contribution in [0.2, 0.25) is 0 Å². The molecule has 0 unspecified atom stereocenters. The van der Waals surface area contributed by atoms with Gasteiger partial charge in [0.15, 0.2) is 11.5 Å². The van der Waals surface area contributed by atoms with Crippen molar-refractivity contribution in [1.82, 2.24) is 14.8 Å². The number of allylic oxidation sites excluding steroid dienone is 1. The van der Waals surface area contributed by atoms with E-state index < -0.39 is 6.04 Å². The number of carbonyl (C=O) groups excluding carboxylic acids is 1. The van der Waals surface area contributed by atoms with Crippen molar-refractivity contribution in [1.29, 1.82) is 0 Å². The predicted molar refractivity (Wildman–Crippen MR) is 166 cm³/mol. The van der Waals surface area contributed by atoms with Gasteiger partial charge in [0.25, 0.3) is 5.91 Å². The maximum Gasteiger partial charge on any atom is 0.255 e. The monoisotopic (exact) mass is 585 g/mol. The highest BCUT2D eigenvalue weighted by atomic mass is 32.2. The zero-order valence-corrected chi connectivity index (χ0v) is 25.5. The molecule has 3 aromatic carbocycles. The van der Waals surface area contributed by atoms with Gasteiger partial charge in [-0.05, 0) is 80.8 Å². The first-order valence-corrected chi connectivity index (χ1v) is 14.7. The maximum atomic E-state index is 13.9. The number of aryl methyl sites for hydroxylation is 2. The van der Waals surface area contributed by atoms with E-state index in [0.29, 0.717) is 51.9 Å². The van der Waals surface area contributed by atoms with Gasteiger partial charge in [0, 0.05) is 17.1 Å². The molecule has 218 valence electrons. The van der Waals surface area contributed by atoms with Crippen molar-refractivity contribution >= 4 is 29.3 Å². The molecule has 4 aromatic rings. The van der Waals surface area contributed by atoms with Crippen molar-refractivity contribution in [3.05, 3.63) is 94.2 Å². The Morgan fingerprint density at radius 2 is 1.79 bits per heavy atom. The van der Waals surface area contributed by atoms with E-state index in [-0.39, 0.29) is 5.91 Å². The van der Waals surface area contributed by atoms with E-state index in [1.165, 1.54) is 16.7 Å². The lowest BCUT2D eigenvalue weighted by atomic mass is 9.94. The SMILES string of the molecule is CCOc1ccc([C@H]2C(C(=O)Nc3ccc(OC)cc3)=C(C)Nc3nc(SCc4ccc(C)cc4C)nn32)cc1OC. The number of fused-ring (bicyclic) bond motifs is 1. The van der Waals surface area contributed by atoms with Crippen molar-refractivity contribution in [3.63, 3.8) is 0 Å². The molecule has 1 aromatic heterocycles. The summed E-state index contributed by atoms with van der Waals surface area (Å²) >= 11 is 1.56. The Kier molecular flexibility index (Phi) is 8.72. The molecule has 0 spiro atoms. The number of aromatic nitrogens is 3. The van der Waals surface area contributed by atoms with Crippen molar-refractivity contribution in [2.45, 2.75) is 44.6 Å². The predicted octanol–water partition coefficient (Wildman–Crippen LogP) is 6.53. The Balaban J connectivity index is 1.51. The number of nitrogens with one attached hydrogen (secondary N) is 2.